The Balaban J connectivity index is 1.10. The summed E-state index contributed by atoms with van der Waals surface area (Å²) < 4.78 is 4.92. The van der Waals surface area contributed by atoms with Gasteiger partial charge in [-0.15, -0.1) is 11.3 Å². The second-order valence-electron chi connectivity index (χ2n) is 15.4. The summed E-state index contributed by atoms with van der Waals surface area (Å²) in [5.74, 6) is 0. The number of thiophene rings is 1. The molecule has 2 heterocycles. The molecule has 0 spiro atoms. The molecule has 0 unspecified atom stereocenters. The average Bonchev–Trinajstić information content (AvgIpc) is 3.86. The summed E-state index contributed by atoms with van der Waals surface area (Å²) in [6.45, 7) is 8.54. The van der Waals surface area contributed by atoms with Crippen LogP contribution in [0.1, 0.15) is 11.3 Å². The molecule has 0 bridgehead atoms. The Bertz CT molecular complexity index is 3450. The van der Waals surface area contributed by atoms with Crippen molar-refractivity contribution in [1.82, 2.24) is 4.57 Å². The molecular weight excluding hydrogens is 757 g/mol. The highest BCUT2D eigenvalue weighted by Gasteiger charge is 2.22. The third-order valence-corrected chi connectivity index (χ3v) is 13.1. The van der Waals surface area contributed by atoms with E-state index in [9.17, 15) is 0 Å². The van der Waals surface area contributed by atoms with Gasteiger partial charge in [0.1, 0.15) is 0 Å². The van der Waals surface area contributed by atoms with Crippen LogP contribution in [-0.4, -0.2) is 4.57 Å². The van der Waals surface area contributed by atoms with Crippen LogP contribution in [0, 0.1) is 0 Å². The van der Waals surface area contributed by atoms with Crippen LogP contribution in [0.5, 0.6) is 0 Å². The van der Waals surface area contributed by atoms with Crippen LogP contribution in [0.2, 0.25) is 0 Å². The minimum Gasteiger partial charge on any atom is -0.310 e. The Morgan fingerprint density at radius 1 is 0.426 bits per heavy atom. The summed E-state index contributed by atoms with van der Waals surface area (Å²) in [4.78, 5) is 2.42. The smallest absolute Gasteiger partial charge is 0.0547 e. The number of benzene rings is 9. The van der Waals surface area contributed by atoms with E-state index in [0.717, 1.165) is 67.2 Å². The molecule has 0 atom stereocenters. The molecule has 9 aromatic carbocycles. The number of nitrogens with zero attached hydrogens (tertiary/aromatic N) is 2. The van der Waals surface area contributed by atoms with Crippen LogP contribution in [0.4, 0.5) is 17.1 Å². The second kappa shape index (κ2) is 15.1. The Hall–Kier alpha value is -7.72. The predicted octanol–water partition coefficient (Wildman–Crippen LogP) is 16.9. The Morgan fingerprint density at radius 2 is 1.05 bits per heavy atom. The van der Waals surface area contributed by atoms with Gasteiger partial charge < -0.3 is 9.47 Å². The van der Waals surface area contributed by atoms with Gasteiger partial charge in [-0.2, -0.15) is 0 Å². The molecule has 0 aliphatic rings. The van der Waals surface area contributed by atoms with Gasteiger partial charge in [0.2, 0.25) is 0 Å². The van der Waals surface area contributed by atoms with Crippen molar-refractivity contribution >= 4 is 82.4 Å². The molecule has 0 saturated carbocycles. The molecule has 0 aliphatic heterocycles. The van der Waals surface area contributed by atoms with Gasteiger partial charge in [0.15, 0.2) is 0 Å². The van der Waals surface area contributed by atoms with Gasteiger partial charge in [0.05, 0.1) is 22.6 Å². The zero-order valence-electron chi connectivity index (χ0n) is 33.5. The van der Waals surface area contributed by atoms with E-state index in [1.807, 2.05) is 23.5 Å². The summed E-state index contributed by atoms with van der Waals surface area (Å²) in [6, 6.07) is 74.8. The first kappa shape index (κ1) is 36.4. The van der Waals surface area contributed by atoms with E-state index in [-0.39, 0.29) is 0 Å². The SMILES string of the molecule is C=Cc1c(C=C)n(-c2cccc3ccccc23)c2cc(-c3ccccc3-c3ccccc3N(c3ccc(-c4ccccc4)cc3)c3ccc4c(c3)sc3ccccc34)ccc12. The lowest BCUT2D eigenvalue weighted by Gasteiger charge is -2.28. The third-order valence-electron chi connectivity index (χ3n) is 12.0. The fourth-order valence-electron chi connectivity index (χ4n) is 9.16. The maximum atomic E-state index is 4.29. The van der Waals surface area contributed by atoms with Gasteiger partial charge >= 0.3 is 0 Å². The zero-order chi connectivity index (χ0) is 40.9. The molecule has 3 heteroatoms. The van der Waals surface area contributed by atoms with E-state index in [1.165, 1.54) is 42.1 Å². The normalized spacial score (nSPS) is 11.4. The molecule has 2 aromatic heterocycles. The van der Waals surface area contributed by atoms with Gasteiger partial charge in [-0.3, -0.25) is 0 Å². The lowest BCUT2D eigenvalue weighted by molar-refractivity contribution is 1.12. The molecule has 0 N–H and O–H groups in total. The van der Waals surface area contributed by atoms with E-state index in [1.54, 1.807) is 0 Å². The highest BCUT2D eigenvalue weighted by molar-refractivity contribution is 7.25. The van der Waals surface area contributed by atoms with Crippen molar-refractivity contribution in [3.8, 4) is 39.1 Å². The van der Waals surface area contributed by atoms with Crippen LogP contribution in [0.3, 0.4) is 0 Å². The molecule has 11 aromatic rings. The number of hydrogen-bond acceptors (Lipinski definition) is 2. The molecule has 288 valence electrons. The monoisotopic (exact) mass is 796 g/mol. The van der Waals surface area contributed by atoms with Crippen molar-refractivity contribution in [2.45, 2.75) is 0 Å². The Morgan fingerprint density at radius 3 is 1.87 bits per heavy atom. The maximum Gasteiger partial charge on any atom is 0.0547 e. The van der Waals surface area contributed by atoms with Crippen molar-refractivity contribution in [3.05, 3.63) is 231 Å². The van der Waals surface area contributed by atoms with Crippen molar-refractivity contribution in [2.24, 2.45) is 0 Å². The number of para-hydroxylation sites is 1. The lowest BCUT2D eigenvalue weighted by atomic mass is 9.92. The summed E-state index contributed by atoms with van der Waals surface area (Å²) in [5, 5.41) is 6.10. The summed E-state index contributed by atoms with van der Waals surface area (Å²) in [6.07, 6.45) is 3.92. The molecule has 11 rings (SSSR count). The minimum absolute atomic E-state index is 1.03. The highest BCUT2D eigenvalue weighted by atomic mass is 32.1. The van der Waals surface area contributed by atoms with Gasteiger partial charge in [-0.25, -0.2) is 0 Å². The fraction of sp³-hybridized carbons (Fsp3) is 0. The number of hydrogen-bond donors (Lipinski definition) is 0. The molecular formula is C58H40N2S. The van der Waals surface area contributed by atoms with Crippen molar-refractivity contribution < 1.29 is 0 Å². The minimum atomic E-state index is 1.03. The predicted molar refractivity (Wildman–Crippen MR) is 265 cm³/mol. The maximum absolute atomic E-state index is 4.29. The summed E-state index contributed by atoms with van der Waals surface area (Å²) in [7, 11) is 0. The van der Waals surface area contributed by atoms with Gasteiger partial charge in [0.25, 0.3) is 0 Å². The highest BCUT2D eigenvalue weighted by Crippen LogP contribution is 2.46. The first-order valence-electron chi connectivity index (χ1n) is 20.7. The van der Waals surface area contributed by atoms with Crippen LogP contribution in [0.25, 0.3) is 93.1 Å². The molecule has 0 radical (unpaired) electrons. The van der Waals surface area contributed by atoms with E-state index in [4.69, 9.17) is 0 Å². The molecule has 61 heavy (non-hydrogen) atoms. The number of rotatable bonds is 9. The van der Waals surface area contributed by atoms with E-state index in [0.29, 0.717) is 0 Å². The van der Waals surface area contributed by atoms with E-state index < -0.39 is 0 Å². The Kier molecular flexibility index (Phi) is 9.03. The third kappa shape index (κ3) is 6.18. The largest absolute Gasteiger partial charge is 0.310 e. The molecule has 0 aliphatic carbocycles. The van der Waals surface area contributed by atoms with Crippen LogP contribution < -0.4 is 4.90 Å². The fourth-order valence-corrected chi connectivity index (χ4v) is 10.3. The zero-order valence-corrected chi connectivity index (χ0v) is 34.3. The van der Waals surface area contributed by atoms with Gasteiger partial charge in [-0.05, 0) is 87.8 Å². The van der Waals surface area contributed by atoms with Crippen molar-refractivity contribution in [3.63, 3.8) is 0 Å². The van der Waals surface area contributed by atoms with Crippen LogP contribution in [0.15, 0.2) is 219 Å². The first-order valence-corrected chi connectivity index (χ1v) is 21.5. The topological polar surface area (TPSA) is 8.17 Å². The van der Waals surface area contributed by atoms with E-state index in [2.05, 4.69) is 229 Å². The van der Waals surface area contributed by atoms with Crippen LogP contribution >= 0.6 is 11.3 Å². The standard InChI is InChI=1S/C58H40N2S/c1-3-45-50-35-31-42(37-56(50)60(53(45)4-2)54-27-16-20-41-19-8-9-22-47(41)54)46-21-10-11-23-48(46)49-24-12-14-26-55(49)59(43-32-29-40(30-33-43)39-17-6-5-7-18-39)44-34-36-52-51-25-13-15-28-57(51)61-58(52)38-44/h3-38H,1-2H2. The molecule has 0 amide bonds. The van der Waals surface area contributed by atoms with E-state index >= 15 is 0 Å². The van der Waals surface area contributed by atoms with Gasteiger partial charge in [-0.1, -0.05) is 177 Å². The molecule has 2 nitrogen and oxygen atoms in total. The van der Waals surface area contributed by atoms with Crippen molar-refractivity contribution in [1.29, 1.82) is 0 Å². The average molecular weight is 797 g/mol. The molecule has 0 fully saturated rings. The summed E-state index contributed by atoms with van der Waals surface area (Å²) in [5.41, 5.74) is 14.6. The Labute approximate surface area is 359 Å². The number of fused-ring (bicyclic) bond motifs is 5. The summed E-state index contributed by atoms with van der Waals surface area (Å²) >= 11 is 1.85. The van der Waals surface area contributed by atoms with Crippen molar-refractivity contribution in [2.75, 3.05) is 4.90 Å². The lowest BCUT2D eigenvalue weighted by Crippen LogP contribution is -2.11. The van der Waals surface area contributed by atoms with Crippen LogP contribution in [-0.2, 0) is 0 Å². The van der Waals surface area contributed by atoms with Gasteiger partial charge in [0, 0.05) is 53.4 Å². The number of anilines is 3. The first-order chi connectivity index (χ1) is 30.2. The quantitative estimate of drug-likeness (QED) is 0.141. The number of aromatic nitrogens is 1. The second-order valence-corrected chi connectivity index (χ2v) is 16.4. The molecule has 0 saturated heterocycles.